The minimum absolute atomic E-state index is 0.00593. The maximum absolute atomic E-state index is 12.0. The molecule has 0 bridgehead atoms. The molecule has 0 aliphatic carbocycles. The number of benzene rings is 1. The van der Waals surface area contributed by atoms with E-state index in [1.165, 1.54) is 0 Å². The van der Waals surface area contributed by atoms with Gasteiger partial charge in [0.1, 0.15) is 5.75 Å². The number of para-hydroxylation sites is 2. The fourth-order valence-electron chi connectivity index (χ4n) is 2.04. The third-order valence-corrected chi connectivity index (χ3v) is 2.83. The van der Waals surface area contributed by atoms with E-state index in [4.69, 9.17) is 4.74 Å². The van der Waals surface area contributed by atoms with Crippen LogP contribution < -0.4 is 10.1 Å². The van der Waals surface area contributed by atoms with E-state index in [-0.39, 0.29) is 5.91 Å². The average Bonchev–Trinajstić information content (AvgIpc) is 2.40. The van der Waals surface area contributed by atoms with Crippen molar-refractivity contribution < 1.29 is 9.53 Å². The Morgan fingerprint density at radius 1 is 1.21 bits per heavy atom. The van der Waals surface area contributed by atoms with Crippen LogP contribution in [-0.4, -0.2) is 37.6 Å². The molecule has 4 heteroatoms. The van der Waals surface area contributed by atoms with E-state index in [9.17, 15) is 4.79 Å². The van der Waals surface area contributed by atoms with E-state index in [1.54, 1.807) is 7.11 Å². The summed E-state index contributed by atoms with van der Waals surface area (Å²) in [5.41, 5.74) is 0.725. The van der Waals surface area contributed by atoms with Gasteiger partial charge in [-0.3, -0.25) is 9.69 Å². The van der Waals surface area contributed by atoms with Gasteiger partial charge in [-0.05, 0) is 38.1 Å². The molecule has 106 valence electrons. The first-order chi connectivity index (χ1) is 9.21. The number of carbonyl (C=O) groups is 1. The highest BCUT2D eigenvalue weighted by molar-refractivity contribution is 5.93. The maximum Gasteiger partial charge on any atom is 0.238 e. The van der Waals surface area contributed by atoms with Crippen LogP contribution in [0.2, 0.25) is 0 Å². The maximum atomic E-state index is 12.0. The molecule has 1 amide bonds. The Kier molecular flexibility index (Phi) is 6.97. The van der Waals surface area contributed by atoms with Gasteiger partial charge in [-0.15, -0.1) is 0 Å². The topological polar surface area (TPSA) is 41.6 Å². The summed E-state index contributed by atoms with van der Waals surface area (Å²) >= 11 is 0. The number of rotatable bonds is 8. The Bertz CT molecular complexity index is 387. The van der Waals surface area contributed by atoms with E-state index < -0.39 is 0 Å². The number of ether oxygens (including phenoxy) is 1. The predicted octanol–water partition coefficient (Wildman–Crippen LogP) is 2.76. The number of carbonyl (C=O) groups excluding carboxylic acids is 1. The summed E-state index contributed by atoms with van der Waals surface area (Å²) in [4.78, 5) is 14.2. The van der Waals surface area contributed by atoms with Gasteiger partial charge >= 0.3 is 0 Å². The highest BCUT2D eigenvalue weighted by Crippen LogP contribution is 2.22. The van der Waals surface area contributed by atoms with Crippen molar-refractivity contribution in [2.24, 2.45) is 0 Å². The molecule has 0 spiro atoms. The van der Waals surface area contributed by atoms with Crippen molar-refractivity contribution >= 4 is 11.6 Å². The summed E-state index contributed by atoms with van der Waals surface area (Å²) in [6.45, 7) is 6.58. The Labute approximate surface area is 115 Å². The van der Waals surface area contributed by atoms with E-state index in [0.717, 1.165) is 31.6 Å². The molecule has 1 rings (SSSR count). The summed E-state index contributed by atoms with van der Waals surface area (Å²) < 4.78 is 5.22. The lowest BCUT2D eigenvalue weighted by Gasteiger charge is -2.20. The smallest absolute Gasteiger partial charge is 0.238 e. The summed E-state index contributed by atoms with van der Waals surface area (Å²) in [5.74, 6) is 0.694. The van der Waals surface area contributed by atoms with Gasteiger partial charge in [0, 0.05) is 0 Å². The number of hydrogen-bond acceptors (Lipinski definition) is 3. The minimum atomic E-state index is 0.00593. The van der Waals surface area contributed by atoms with Crippen molar-refractivity contribution in [2.45, 2.75) is 26.7 Å². The lowest BCUT2D eigenvalue weighted by Crippen LogP contribution is -2.34. The van der Waals surface area contributed by atoms with Gasteiger partial charge < -0.3 is 10.1 Å². The molecule has 0 radical (unpaired) electrons. The van der Waals surface area contributed by atoms with Crippen molar-refractivity contribution in [1.29, 1.82) is 0 Å². The van der Waals surface area contributed by atoms with E-state index in [1.807, 2.05) is 24.3 Å². The standard InChI is InChI=1S/C15H24N2O2/c1-4-10-17(11-5-2)12-15(18)16-13-8-6-7-9-14(13)19-3/h6-9H,4-5,10-12H2,1-3H3,(H,16,18). The molecule has 0 unspecified atom stereocenters. The zero-order valence-corrected chi connectivity index (χ0v) is 12.1. The summed E-state index contributed by atoms with van der Waals surface area (Å²) in [6, 6.07) is 7.45. The van der Waals surface area contributed by atoms with Crippen LogP contribution in [0.3, 0.4) is 0 Å². The second-order valence-corrected chi connectivity index (χ2v) is 4.52. The monoisotopic (exact) mass is 264 g/mol. The lowest BCUT2D eigenvalue weighted by atomic mass is 10.3. The first-order valence-electron chi connectivity index (χ1n) is 6.86. The number of nitrogens with zero attached hydrogens (tertiary/aromatic N) is 1. The zero-order chi connectivity index (χ0) is 14.1. The number of methoxy groups -OCH3 is 1. The molecule has 0 aromatic heterocycles. The van der Waals surface area contributed by atoms with Crippen LogP contribution >= 0.6 is 0 Å². The van der Waals surface area contributed by atoms with Gasteiger partial charge in [0.2, 0.25) is 5.91 Å². The van der Waals surface area contributed by atoms with Crippen LogP contribution in [0.4, 0.5) is 5.69 Å². The first kappa shape index (κ1) is 15.5. The molecule has 0 aliphatic heterocycles. The van der Waals surface area contributed by atoms with Crippen LogP contribution in [-0.2, 0) is 4.79 Å². The molecule has 0 atom stereocenters. The van der Waals surface area contributed by atoms with Crippen molar-refractivity contribution in [2.75, 3.05) is 32.1 Å². The average molecular weight is 264 g/mol. The van der Waals surface area contributed by atoms with E-state index >= 15 is 0 Å². The van der Waals surface area contributed by atoms with Gasteiger partial charge in [-0.2, -0.15) is 0 Å². The third-order valence-electron chi connectivity index (χ3n) is 2.83. The molecule has 0 heterocycles. The Balaban J connectivity index is 2.58. The molecule has 0 saturated carbocycles. The first-order valence-corrected chi connectivity index (χ1v) is 6.86. The van der Waals surface area contributed by atoms with Crippen molar-refractivity contribution in [1.82, 2.24) is 4.90 Å². The van der Waals surface area contributed by atoms with Crippen molar-refractivity contribution in [3.63, 3.8) is 0 Å². The summed E-state index contributed by atoms with van der Waals surface area (Å²) in [6.07, 6.45) is 2.11. The van der Waals surface area contributed by atoms with Crippen LogP contribution in [0.1, 0.15) is 26.7 Å². The normalized spacial score (nSPS) is 10.5. The molecule has 0 aliphatic rings. The van der Waals surface area contributed by atoms with Crippen LogP contribution in [0.15, 0.2) is 24.3 Å². The minimum Gasteiger partial charge on any atom is -0.495 e. The van der Waals surface area contributed by atoms with Crippen LogP contribution in [0.5, 0.6) is 5.75 Å². The molecule has 1 aromatic rings. The Morgan fingerprint density at radius 3 is 2.42 bits per heavy atom. The molecule has 0 saturated heterocycles. The molecule has 1 N–H and O–H groups in total. The lowest BCUT2D eigenvalue weighted by molar-refractivity contribution is -0.117. The van der Waals surface area contributed by atoms with Crippen molar-refractivity contribution in [3.8, 4) is 5.75 Å². The third kappa shape index (κ3) is 5.30. The Hall–Kier alpha value is -1.55. The number of anilines is 1. The fourth-order valence-corrected chi connectivity index (χ4v) is 2.04. The number of nitrogens with one attached hydrogen (secondary N) is 1. The van der Waals surface area contributed by atoms with Crippen molar-refractivity contribution in [3.05, 3.63) is 24.3 Å². The number of hydrogen-bond donors (Lipinski definition) is 1. The quantitative estimate of drug-likeness (QED) is 0.785. The molecule has 0 fully saturated rings. The second-order valence-electron chi connectivity index (χ2n) is 4.52. The zero-order valence-electron chi connectivity index (χ0n) is 12.1. The highest BCUT2D eigenvalue weighted by Gasteiger charge is 2.11. The van der Waals surface area contributed by atoms with Gasteiger partial charge in [-0.25, -0.2) is 0 Å². The predicted molar refractivity (Wildman–Crippen MR) is 78.6 cm³/mol. The summed E-state index contributed by atoms with van der Waals surface area (Å²) in [7, 11) is 1.60. The van der Waals surface area contributed by atoms with Gasteiger partial charge in [0.05, 0.1) is 19.3 Å². The van der Waals surface area contributed by atoms with E-state index in [0.29, 0.717) is 12.3 Å². The molecular formula is C15H24N2O2. The molecule has 1 aromatic carbocycles. The van der Waals surface area contributed by atoms with E-state index in [2.05, 4.69) is 24.1 Å². The highest BCUT2D eigenvalue weighted by atomic mass is 16.5. The van der Waals surface area contributed by atoms with Gasteiger partial charge in [0.15, 0.2) is 0 Å². The fraction of sp³-hybridized carbons (Fsp3) is 0.533. The molecule has 4 nitrogen and oxygen atoms in total. The molecular weight excluding hydrogens is 240 g/mol. The van der Waals surface area contributed by atoms with Gasteiger partial charge in [-0.1, -0.05) is 26.0 Å². The SMILES string of the molecule is CCCN(CCC)CC(=O)Nc1ccccc1OC. The van der Waals surface area contributed by atoms with Gasteiger partial charge in [0.25, 0.3) is 0 Å². The number of amides is 1. The Morgan fingerprint density at radius 2 is 1.84 bits per heavy atom. The second kappa shape index (κ2) is 8.53. The largest absolute Gasteiger partial charge is 0.495 e. The molecule has 19 heavy (non-hydrogen) atoms. The van der Waals surface area contributed by atoms with Crippen LogP contribution in [0.25, 0.3) is 0 Å². The summed E-state index contributed by atoms with van der Waals surface area (Å²) in [5, 5.41) is 2.90. The van der Waals surface area contributed by atoms with Crippen LogP contribution in [0, 0.1) is 0 Å².